The van der Waals surface area contributed by atoms with Crippen molar-refractivity contribution in [2.75, 3.05) is 5.32 Å². The second-order valence-corrected chi connectivity index (χ2v) is 8.12. The van der Waals surface area contributed by atoms with Gasteiger partial charge >= 0.3 is 0 Å². The summed E-state index contributed by atoms with van der Waals surface area (Å²) in [4.78, 5) is 17.3. The van der Waals surface area contributed by atoms with Crippen molar-refractivity contribution in [1.82, 2.24) is 24.5 Å². The number of pyridine rings is 1. The van der Waals surface area contributed by atoms with Crippen LogP contribution in [-0.2, 0) is 12.0 Å². The first-order valence-corrected chi connectivity index (χ1v) is 9.80. The molecule has 3 aromatic heterocycles. The predicted molar refractivity (Wildman–Crippen MR) is 116 cm³/mol. The number of amides is 1. The number of nitrogens with one attached hydrogen (secondary N) is 1. The number of benzene rings is 1. The predicted octanol–water partition coefficient (Wildman–Crippen LogP) is 4.06. The number of carbonyl (C=O) groups excluding carboxylic acids is 1. The van der Waals surface area contributed by atoms with Crippen molar-refractivity contribution in [3.63, 3.8) is 0 Å². The van der Waals surface area contributed by atoms with Crippen molar-refractivity contribution in [1.29, 1.82) is 0 Å². The van der Waals surface area contributed by atoms with Gasteiger partial charge in [0, 0.05) is 35.6 Å². The summed E-state index contributed by atoms with van der Waals surface area (Å²) < 4.78 is 3.51. The molecule has 30 heavy (non-hydrogen) atoms. The Balaban J connectivity index is 1.57. The first-order chi connectivity index (χ1) is 14.4. The number of hydrogen-bond acceptors (Lipinski definition) is 4. The van der Waals surface area contributed by atoms with E-state index >= 15 is 0 Å². The van der Waals surface area contributed by atoms with Crippen molar-refractivity contribution in [2.24, 2.45) is 0 Å². The fraction of sp³-hybridized carbons (Fsp3) is 0.217. The number of anilines is 1. The highest BCUT2D eigenvalue weighted by Crippen LogP contribution is 2.26. The first kappa shape index (κ1) is 19.6. The van der Waals surface area contributed by atoms with Gasteiger partial charge in [0.15, 0.2) is 5.82 Å². The second-order valence-electron chi connectivity index (χ2n) is 8.12. The third-order valence-corrected chi connectivity index (χ3v) is 4.71. The molecule has 1 N–H and O–H groups in total. The van der Waals surface area contributed by atoms with Crippen LogP contribution in [0.25, 0.3) is 5.82 Å². The standard InChI is InChI=1S/C23H24N6O/c1-23(2,3)19-15-21(29(27-19)20-7-4-5-12-24-20)26-22(30)18-10-8-17(9-11-18)16-28-14-6-13-25-28/h4-15H,16H2,1-3H3,(H,26,30). The van der Waals surface area contributed by atoms with E-state index in [1.165, 1.54) is 0 Å². The van der Waals surface area contributed by atoms with Gasteiger partial charge in [-0.05, 0) is 35.9 Å². The molecule has 0 unspecified atom stereocenters. The quantitative estimate of drug-likeness (QED) is 0.548. The molecular weight excluding hydrogens is 376 g/mol. The maximum atomic E-state index is 12.9. The summed E-state index contributed by atoms with van der Waals surface area (Å²) in [6, 6.07) is 16.9. The van der Waals surface area contributed by atoms with E-state index in [0.717, 1.165) is 11.3 Å². The van der Waals surface area contributed by atoms with Gasteiger partial charge in [-0.2, -0.15) is 14.9 Å². The average Bonchev–Trinajstić information content (AvgIpc) is 3.39. The number of carbonyl (C=O) groups is 1. The lowest BCUT2D eigenvalue weighted by atomic mass is 9.92. The van der Waals surface area contributed by atoms with Gasteiger partial charge < -0.3 is 5.32 Å². The molecule has 7 heteroatoms. The average molecular weight is 400 g/mol. The van der Waals surface area contributed by atoms with Crippen LogP contribution in [0.3, 0.4) is 0 Å². The van der Waals surface area contributed by atoms with E-state index in [2.05, 4.69) is 41.3 Å². The molecule has 152 valence electrons. The van der Waals surface area contributed by atoms with Gasteiger partial charge in [-0.25, -0.2) is 4.98 Å². The third-order valence-electron chi connectivity index (χ3n) is 4.71. The van der Waals surface area contributed by atoms with Gasteiger partial charge in [-0.3, -0.25) is 9.48 Å². The molecule has 4 aromatic rings. The monoisotopic (exact) mass is 400 g/mol. The van der Waals surface area contributed by atoms with Gasteiger partial charge in [-0.1, -0.05) is 39.0 Å². The number of nitrogens with zero attached hydrogens (tertiary/aromatic N) is 5. The van der Waals surface area contributed by atoms with Crippen molar-refractivity contribution in [3.8, 4) is 5.82 Å². The van der Waals surface area contributed by atoms with E-state index in [9.17, 15) is 4.79 Å². The smallest absolute Gasteiger partial charge is 0.256 e. The largest absolute Gasteiger partial charge is 0.306 e. The second kappa shape index (κ2) is 7.94. The van der Waals surface area contributed by atoms with Gasteiger partial charge in [0.2, 0.25) is 0 Å². The lowest BCUT2D eigenvalue weighted by molar-refractivity contribution is 0.102. The molecule has 0 atom stereocenters. The lowest BCUT2D eigenvalue weighted by Gasteiger charge is -2.13. The Morgan fingerprint density at radius 3 is 2.47 bits per heavy atom. The van der Waals surface area contributed by atoms with Crippen LogP contribution < -0.4 is 5.32 Å². The molecule has 0 aliphatic carbocycles. The van der Waals surface area contributed by atoms with Crippen molar-refractivity contribution >= 4 is 11.7 Å². The Bertz CT molecular complexity index is 1120. The Hall–Kier alpha value is -3.74. The lowest BCUT2D eigenvalue weighted by Crippen LogP contribution is -2.15. The summed E-state index contributed by atoms with van der Waals surface area (Å²) in [6.07, 6.45) is 5.36. The summed E-state index contributed by atoms with van der Waals surface area (Å²) >= 11 is 0. The number of hydrogen-bond donors (Lipinski definition) is 1. The zero-order valence-corrected chi connectivity index (χ0v) is 17.3. The van der Waals surface area contributed by atoms with E-state index in [-0.39, 0.29) is 11.3 Å². The van der Waals surface area contributed by atoms with E-state index < -0.39 is 0 Å². The Morgan fingerprint density at radius 1 is 1.03 bits per heavy atom. The fourth-order valence-electron chi connectivity index (χ4n) is 3.02. The molecule has 4 rings (SSSR count). The highest BCUT2D eigenvalue weighted by Gasteiger charge is 2.22. The summed E-state index contributed by atoms with van der Waals surface area (Å²) in [5.41, 5.74) is 2.36. The van der Waals surface area contributed by atoms with Crippen LogP contribution in [0.15, 0.2) is 73.2 Å². The van der Waals surface area contributed by atoms with Crippen molar-refractivity contribution in [3.05, 3.63) is 90.0 Å². The maximum absolute atomic E-state index is 12.9. The summed E-state index contributed by atoms with van der Waals surface area (Å²) in [7, 11) is 0. The summed E-state index contributed by atoms with van der Waals surface area (Å²) in [6.45, 7) is 6.92. The van der Waals surface area contributed by atoms with Gasteiger partial charge in [0.1, 0.15) is 5.82 Å². The summed E-state index contributed by atoms with van der Waals surface area (Å²) in [5.74, 6) is 1.04. The molecule has 0 aliphatic heterocycles. The van der Waals surface area contributed by atoms with Gasteiger partial charge in [0.25, 0.3) is 5.91 Å². The molecule has 0 radical (unpaired) electrons. The Labute approximate surface area is 175 Å². The fourth-order valence-corrected chi connectivity index (χ4v) is 3.02. The van der Waals surface area contributed by atoms with Gasteiger partial charge in [0.05, 0.1) is 12.2 Å². The van der Waals surface area contributed by atoms with Crippen LogP contribution >= 0.6 is 0 Å². The molecular formula is C23H24N6O. The van der Waals surface area contributed by atoms with Gasteiger partial charge in [-0.15, -0.1) is 0 Å². The third kappa shape index (κ3) is 4.30. The zero-order chi connectivity index (χ0) is 21.1. The minimum Gasteiger partial charge on any atom is -0.306 e. The minimum atomic E-state index is -0.196. The van der Waals surface area contributed by atoms with Crippen LogP contribution in [0.4, 0.5) is 5.82 Å². The SMILES string of the molecule is CC(C)(C)c1cc(NC(=O)c2ccc(Cn3cccn3)cc2)n(-c2ccccn2)n1. The topological polar surface area (TPSA) is 77.6 Å². The molecule has 7 nitrogen and oxygen atoms in total. The van der Waals surface area contributed by atoms with Crippen molar-refractivity contribution in [2.45, 2.75) is 32.7 Å². The van der Waals surface area contributed by atoms with Crippen LogP contribution in [0.5, 0.6) is 0 Å². The molecule has 0 aliphatic rings. The van der Waals surface area contributed by atoms with Crippen molar-refractivity contribution < 1.29 is 4.79 Å². The minimum absolute atomic E-state index is 0.159. The molecule has 0 spiro atoms. The number of aromatic nitrogens is 5. The molecule has 0 fully saturated rings. The molecule has 0 bridgehead atoms. The Kier molecular flexibility index (Phi) is 5.18. The van der Waals surface area contributed by atoms with Crippen LogP contribution in [0.2, 0.25) is 0 Å². The molecule has 1 amide bonds. The van der Waals surface area contributed by atoms with E-state index in [4.69, 9.17) is 0 Å². The first-order valence-electron chi connectivity index (χ1n) is 9.80. The van der Waals surface area contributed by atoms with Crippen LogP contribution in [-0.4, -0.2) is 30.5 Å². The highest BCUT2D eigenvalue weighted by molar-refractivity contribution is 6.04. The number of rotatable bonds is 5. The zero-order valence-electron chi connectivity index (χ0n) is 17.3. The van der Waals surface area contributed by atoms with Crippen LogP contribution in [0, 0.1) is 0 Å². The van der Waals surface area contributed by atoms with E-state index in [1.54, 1.807) is 17.1 Å². The summed E-state index contributed by atoms with van der Waals surface area (Å²) in [5, 5.41) is 11.9. The van der Waals surface area contributed by atoms with Crippen LogP contribution in [0.1, 0.15) is 42.4 Å². The Morgan fingerprint density at radius 2 is 1.83 bits per heavy atom. The molecule has 0 saturated heterocycles. The highest BCUT2D eigenvalue weighted by atomic mass is 16.1. The molecule has 3 heterocycles. The van der Waals surface area contributed by atoms with E-state index in [1.807, 2.05) is 65.5 Å². The molecule has 0 saturated carbocycles. The molecule has 1 aromatic carbocycles. The van der Waals surface area contributed by atoms with E-state index in [0.29, 0.717) is 23.7 Å². The normalized spacial score (nSPS) is 11.4. The maximum Gasteiger partial charge on any atom is 0.256 e.